The van der Waals surface area contributed by atoms with Gasteiger partial charge in [0.1, 0.15) is 0 Å². The van der Waals surface area contributed by atoms with E-state index in [-0.39, 0.29) is 23.9 Å². The van der Waals surface area contributed by atoms with Crippen LogP contribution in [-0.4, -0.2) is 42.6 Å². The molecule has 1 aromatic rings. The van der Waals surface area contributed by atoms with E-state index in [1.165, 1.54) is 18.0 Å². The molecule has 1 aliphatic rings. The standard InChI is InChI=1S/C13H15N3O4/c1-16(10-5-3-2-4-9(10)12(18)19)13(20)15-8-6-11(17)14-7-8/h2-5,8H,6-7H2,1H3,(H,14,17)(H,15,20)(H,18,19). The lowest BCUT2D eigenvalue weighted by atomic mass is 10.1. The van der Waals surface area contributed by atoms with E-state index < -0.39 is 12.0 Å². The van der Waals surface area contributed by atoms with Gasteiger partial charge in [0.2, 0.25) is 5.91 Å². The number of aromatic carboxylic acids is 1. The quantitative estimate of drug-likeness (QED) is 0.745. The lowest BCUT2D eigenvalue weighted by Gasteiger charge is -2.21. The molecule has 7 heteroatoms. The van der Waals surface area contributed by atoms with Gasteiger partial charge in [-0.15, -0.1) is 0 Å². The van der Waals surface area contributed by atoms with Gasteiger partial charge in [-0.2, -0.15) is 0 Å². The monoisotopic (exact) mass is 277 g/mol. The number of carboxylic acid groups (broad SMARTS) is 1. The number of carbonyl (C=O) groups excluding carboxylic acids is 2. The molecular formula is C13H15N3O4. The molecule has 0 bridgehead atoms. The topological polar surface area (TPSA) is 98.7 Å². The molecule has 106 valence electrons. The number of carboxylic acids is 1. The predicted molar refractivity (Wildman–Crippen MR) is 71.8 cm³/mol. The Kier molecular flexibility index (Phi) is 3.88. The Balaban J connectivity index is 2.10. The number of para-hydroxylation sites is 1. The van der Waals surface area contributed by atoms with E-state index in [0.717, 1.165) is 0 Å². The molecule has 3 amide bonds. The zero-order valence-electron chi connectivity index (χ0n) is 10.9. The van der Waals surface area contributed by atoms with Gasteiger partial charge in [-0.3, -0.25) is 9.69 Å². The number of nitrogens with one attached hydrogen (secondary N) is 2. The molecular weight excluding hydrogens is 262 g/mol. The van der Waals surface area contributed by atoms with Crippen LogP contribution in [-0.2, 0) is 4.79 Å². The van der Waals surface area contributed by atoms with E-state index in [4.69, 9.17) is 5.11 Å². The van der Waals surface area contributed by atoms with Crippen LogP contribution in [0.1, 0.15) is 16.8 Å². The van der Waals surface area contributed by atoms with Crippen molar-refractivity contribution in [1.82, 2.24) is 10.6 Å². The third-order valence-corrected chi connectivity index (χ3v) is 3.11. The number of hydrogen-bond acceptors (Lipinski definition) is 3. The van der Waals surface area contributed by atoms with Crippen molar-refractivity contribution in [2.45, 2.75) is 12.5 Å². The fourth-order valence-corrected chi connectivity index (χ4v) is 2.04. The van der Waals surface area contributed by atoms with Crippen LogP contribution in [0.25, 0.3) is 0 Å². The van der Waals surface area contributed by atoms with Gasteiger partial charge in [0.05, 0.1) is 17.3 Å². The fraction of sp³-hybridized carbons (Fsp3) is 0.308. The molecule has 0 saturated carbocycles. The highest BCUT2D eigenvalue weighted by Gasteiger charge is 2.25. The Morgan fingerprint density at radius 1 is 1.40 bits per heavy atom. The molecule has 0 radical (unpaired) electrons. The van der Waals surface area contributed by atoms with E-state index in [1.54, 1.807) is 18.2 Å². The van der Waals surface area contributed by atoms with Gasteiger partial charge in [0, 0.05) is 20.0 Å². The lowest BCUT2D eigenvalue weighted by Crippen LogP contribution is -2.44. The summed E-state index contributed by atoms with van der Waals surface area (Å²) in [5.41, 5.74) is 0.348. The smallest absolute Gasteiger partial charge is 0.337 e. The first-order valence-corrected chi connectivity index (χ1v) is 6.12. The normalized spacial score (nSPS) is 17.4. The average Bonchev–Trinajstić information content (AvgIpc) is 2.83. The number of hydrogen-bond donors (Lipinski definition) is 3. The van der Waals surface area contributed by atoms with Crippen molar-refractivity contribution in [2.75, 3.05) is 18.5 Å². The van der Waals surface area contributed by atoms with Crippen LogP contribution in [0.4, 0.5) is 10.5 Å². The SMILES string of the molecule is CN(C(=O)NC1CNC(=O)C1)c1ccccc1C(=O)O. The third kappa shape index (κ3) is 2.87. The van der Waals surface area contributed by atoms with Crippen LogP contribution in [0.15, 0.2) is 24.3 Å². The van der Waals surface area contributed by atoms with Crippen LogP contribution < -0.4 is 15.5 Å². The van der Waals surface area contributed by atoms with Gasteiger partial charge in [-0.25, -0.2) is 9.59 Å². The Hall–Kier alpha value is -2.57. The first kappa shape index (κ1) is 13.9. The molecule has 1 atom stereocenters. The highest BCUT2D eigenvalue weighted by Crippen LogP contribution is 2.19. The second kappa shape index (κ2) is 5.60. The van der Waals surface area contributed by atoms with E-state index in [1.807, 2.05) is 0 Å². The van der Waals surface area contributed by atoms with Crippen LogP contribution in [0.2, 0.25) is 0 Å². The minimum Gasteiger partial charge on any atom is -0.478 e. The molecule has 1 aliphatic heterocycles. The van der Waals surface area contributed by atoms with Crippen LogP contribution in [0.3, 0.4) is 0 Å². The molecule has 7 nitrogen and oxygen atoms in total. The van der Waals surface area contributed by atoms with Crippen molar-refractivity contribution in [1.29, 1.82) is 0 Å². The maximum atomic E-state index is 12.1. The van der Waals surface area contributed by atoms with Crippen molar-refractivity contribution >= 4 is 23.6 Å². The average molecular weight is 277 g/mol. The molecule has 1 unspecified atom stereocenters. The second-order valence-electron chi connectivity index (χ2n) is 4.54. The number of benzene rings is 1. The Morgan fingerprint density at radius 3 is 2.70 bits per heavy atom. The van der Waals surface area contributed by atoms with Gasteiger partial charge in [-0.1, -0.05) is 12.1 Å². The number of rotatable bonds is 3. The molecule has 0 spiro atoms. The Morgan fingerprint density at radius 2 is 2.10 bits per heavy atom. The maximum absolute atomic E-state index is 12.1. The van der Waals surface area contributed by atoms with Gasteiger partial charge in [0.15, 0.2) is 0 Å². The van der Waals surface area contributed by atoms with Crippen LogP contribution in [0, 0.1) is 0 Å². The van der Waals surface area contributed by atoms with Crippen molar-refractivity contribution < 1.29 is 19.5 Å². The summed E-state index contributed by atoms with van der Waals surface area (Å²) < 4.78 is 0. The first-order valence-electron chi connectivity index (χ1n) is 6.12. The van der Waals surface area contributed by atoms with Gasteiger partial charge in [-0.05, 0) is 12.1 Å². The summed E-state index contributed by atoms with van der Waals surface area (Å²) in [7, 11) is 1.49. The number of amides is 3. The van der Waals surface area contributed by atoms with E-state index in [9.17, 15) is 14.4 Å². The van der Waals surface area contributed by atoms with Crippen LogP contribution >= 0.6 is 0 Å². The Labute approximate surface area is 115 Å². The molecule has 2 rings (SSSR count). The van der Waals surface area contributed by atoms with E-state index in [0.29, 0.717) is 12.2 Å². The number of anilines is 1. The summed E-state index contributed by atoms with van der Waals surface area (Å²) >= 11 is 0. The maximum Gasteiger partial charge on any atom is 0.337 e. The molecule has 20 heavy (non-hydrogen) atoms. The molecule has 1 aromatic carbocycles. The van der Waals surface area contributed by atoms with E-state index in [2.05, 4.69) is 10.6 Å². The highest BCUT2D eigenvalue weighted by molar-refractivity contribution is 6.01. The zero-order valence-corrected chi connectivity index (χ0v) is 10.9. The van der Waals surface area contributed by atoms with Crippen LogP contribution in [0.5, 0.6) is 0 Å². The molecule has 1 fully saturated rings. The largest absolute Gasteiger partial charge is 0.478 e. The minimum atomic E-state index is -1.10. The fourth-order valence-electron chi connectivity index (χ4n) is 2.04. The third-order valence-electron chi connectivity index (χ3n) is 3.11. The summed E-state index contributed by atoms with van der Waals surface area (Å²) in [6.45, 7) is 0.388. The second-order valence-corrected chi connectivity index (χ2v) is 4.54. The molecule has 0 aliphatic carbocycles. The van der Waals surface area contributed by atoms with E-state index >= 15 is 0 Å². The number of urea groups is 1. The first-order chi connectivity index (χ1) is 9.49. The van der Waals surface area contributed by atoms with Crippen molar-refractivity contribution in [3.63, 3.8) is 0 Å². The van der Waals surface area contributed by atoms with Gasteiger partial charge in [0.25, 0.3) is 0 Å². The van der Waals surface area contributed by atoms with Gasteiger partial charge >= 0.3 is 12.0 Å². The summed E-state index contributed by atoms with van der Waals surface area (Å²) in [4.78, 5) is 35.5. The van der Waals surface area contributed by atoms with Crippen molar-refractivity contribution in [3.05, 3.63) is 29.8 Å². The molecule has 1 heterocycles. The summed E-state index contributed by atoms with van der Waals surface area (Å²) in [5, 5.41) is 14.4. The van der Waals surface area contributed by atoms with Crippen molar-refractivity contribution in [2.24, 2.45) is 0 Å². The number of nitrogens with zero attached hydrogens (tertiary/aromatic N) is 1. The minimum absolute atomic E-state index is 0.0470. The highest BCUT2D eigenvalue weighted by atomic mass is 16.4. The predicted octanol–water partition coefficient (Wildman–Crippen LogP) is 0.419. The summed E-state index contributed by atoms with van der Waals surface area (Å²) in [5.74, 6) is -1.21. The summed E-state index contributed by atoms with van der Waals surface area (Å²) in [6, 6.07) is 5.53. The van der Waals surface area contributed by atoms with Gasteiger partial charge < -0.3 is 15.7 Å². The molecule has 3 N–H and O–H groups in total. The van der Waals surface area contributed by atoms with Crippen molar-refractivity contribution in [3.8, 4) is 0 Å². The lowest BCUT2D eigenvalue weighted by molar-refractivity contribution is -0.119. The molecule has 1 saturated heterocycles. The molecule has 0 aromatic heterocycles. The number of carbonyl (C=O) groups is 3. The summed E-state index contributed by atoms with van der Waals surface area (Å²) in [6.07, 6.45) is 0.236. The zero-order chi connectivity index (χ0) is 14.7. The Bertz CT molecular complexity index is 558.